The van der Waals surface area contributed by atoms with Gasteiger partial charge in [0, 0.05) is 12.2 Å². The standard InChI is InChI=1S/C13H15ClN2OS/c1-3-9(2)16-6-4-10(15-16)8-12(17)13-11(14)5-7-18-13/h4-7,9H,3,8H2,1-2H3. The van der Waals surface area contributed by atoms with Gasteiger partial charge < -0.3 is 0 Å². The van der Waals surface area contributed by atoms with E-state index in [0.29, 0.717) is 22.4 Å². The normalized spacial score (nSPS) is 12.6. The molecular formula is C13H15ClN2OS. The van der Waals surface area contributed by atoms with Crippen molar-refractivity contribution in [3.8, 4) is 0 Å². The van der Waals surface area contributed by atoms with E-state index in [1.807, 2.05) is 22.3 Å². The van der Waals surface area contributed by atoms with Crippen molar-refractivity contribution in [2.45, 2.75) is 32.7 Å². The van der Waals surface area contributed by atoms with Crippen LogP contribution in [0.4, 0.5) is 0 Å². The molecule has 0 spiro atoms. The Morgan fingerprint density at radius 2 is 2.33 bits per heavy atom. The second kappa shape index (κ2) is 5.67. The molecule has 1 atom stereocenters. The summed E-state index contributed by atoms with van der Waals surface area (Å²) in [6, 6.07) is 4.00. The number of nitrogens with zero attached hydrogens (tertiary/aromatic N) is 2. The van der Waals surface area contributed by atoms with E-state index in [1.54, 1.807) is 6.07 Å². The van der Waals surface area contributed by atoms with E-state index in [0.717, 1.165) is 12.1 Å². The molecule has 2 aromatic heterocycles. The summed E-state index contributed by atoms with van der Waals surface area (Å²) in [6.45, 7) is 4.22. The highest BCUT2D eigenvalue weighted by Gasteiger charge is 2.14. The molecule has 0 bridgehead atoms. The van der Waals surface area contributed by atoms with E-state index in [4.69, 9.17) is 11.6 Å². The lowest BCUT2D eigenvalue weighted by Crippen LogP contribution is -2.07. The maximum atomic E-state index is 12.0. The van der Waals surface area contributed by atoms with Crippen molar-refractivity contribution in [3.63, 3.8) is 0 Å². The van der Waals surface area contributed by atoms with Crippen molar-refractivity contribution >= 4 is 28.7 Å². The van der Waals surface area contributed by atoms with Gasteiger partial charge in [0.1, 0.15) is 0 Å². The highest BCUT2D eigenvalue weighted by atomic mass is 35.5. The number of thiophene rings is 1. The number of carbonyl (C=O) groups is 1. The van der Waals surface area contributed by atoms with Crippen LogP contribution in [0.25, 0.3) is 0 Å². The van der Waals surface area contributed by atoms with Crippen molar-refractivity contribution in [1.29, 1.82) is 0 Å². The predicted octanol–water partition coefficient (Wildman–Crippen LogP) is 3.99. The minimum atomic E-state index is 0.0319. The van der Waals surface area contributed by atoms with Crippen molar-refractivity contribution in [2.75, 3.05) is 0 Å². The van der Waals surface area contributed by atoms with Gasteiger partial charge in [0.2, 0.25) is 0 Å². The number of Topliss-reactive ketones (excluding diaryl/α,β-unsaturated/α-hetero) is 1. The Hall–Kier alpha value is -1.13. The summed E-state index contributed by atoms with van der Waals surface area (Å²) in [4.78, 5) is 12.6. The lowest BCUT2D eigenvalue weighted by molar-refractivity contribution is 0.0995. The fraction of sp³-hybridized carbons (Fsp3) is 0.385. The van der Waals surface area contributed by atoms with Crippen LogP contribution in [0.2, 0.25) is 5.02 Å². The zero-order chi connectivity index (χ0) is 13.1. The highest BCUT2D eigenvalue weighted by Crippen LogP contribution is 2.23. The van der Waals surface area contributed by atoms with Gasteiger partial charge in [-0.2, -0.15) is 5.10 Å². The average molecular weight is 283 g/mol. The summed E-state index contributed by atoms with van der Waals surface area (Å²) >= 11 is 7.32. The summed E-state index contributed by atoms with van der Waals surface area (Å²) < 4.78 is 1.90. The average Bonchev–Trinajstić information content (AvgIpc) is 2.97. The predicted molar refractivity (Wildman–Crippen MR) is 74.6 cm³/mol. The molecule has 1 unspecified atom stereocenters. The summed E-state index contributed by atoms with van der Waals surface area (Å²) in [6.07, 6.45) is 3.25. The largest absolute Gasteiger partial charge is 0.293 e. The Morgan fingerprint density at radius 1 is 1.56 bits per heavy atom. The molecule has 5 heteroatoms. The molecule has 0 aliphatic heterocycles. The number of carbonyl (C=O) groups excluding carboxylic acids is 1. The van der Waals surface area contributed by atoms with Crippen LogP contribution in [0, 0.1) is 0 Å². The number of halogens is 1. The lowest BCUT2D eigenvalue weighted by atomic mass is 10.2. The summed E-state index contributed by atoms with van der Waals surface area (Å²) in [5.41, 5.74) is 0.796. The van der Waals surface area contributed by atoms with E-state index >= 15 is 0 Å². The number of aromatic nitrogens is 2. The van der Waals surface area contributed by atoms with E-state index in [9.17, 15) is 4.79 Å². The molecule has 0 aromatic carbocycles. The van der Waals surface area contributed by atoms with Gasteiger partial charge in [-0.05, 0) is 30.9 Å². The topological polar surface area (TPSA) is 34.9 Å². The van der Waals surface area contributed by atoms with Crippen LogP contribution in [-0.2, 0) is 6.42 Å². The van der Waals surface area contributed by atoms with E-state index < -0.39 is 0 Å². The Morgan fingerprint density at radius 3 is 2.94 bits per heavy atom. The number of ketones is 1. The fourth-order valence-corrected chi connectivity index (χ4v) is 2.74. The molecule has 2 heterocycles. The summed E-state index contributed by atoms with van der Waals surface area (Å²) in [7, 11) is 0. The smallest absolute Gasteiger partial charge is 0.180 e. The molecule has 0 amide bonds. The van der Waals surface area contributed by atoms with Crippen molar-refractivity contribution in [3.05, 3.63) is 39.3 Å². The number of hydrogen-bond donors (Lipinski definition) is 0. The third-order valence-corrected chi connectivity index (χ3v) is 4.30. The van der Waals surface area contributed by atoms with Crippen LogP contribution in [0.15, 0.2) is 23.7 Å². The van der Waals surface area contributed by atoms with Crippen LogP contribution in [-0.4, -0.2) is 15.6 Å². The van der Waals surface area contributed by atoms with Crippen molar-refractivity contribution < 1.29 is 4.79 Å². The molecule has 0 fully saturated rings. The molecule has 0 aliphatic rings. The number of rotatable bonds is 5. The summed E-state index contributed by atoms with van der Waals surface area (Å²) in [5.74, 6) is 0.0319. The van der Waals surface area contributed by atoms with Gasteiger partial charge in [-0.15, -0.1) is 11.3 Å². The van der Waals surface area contributed by atoms with Gasteiger partial charge in [0.05, 0.1) is 22.0 Å². The van der Waals surface area contributed by atoms with Crippen LogP contribution in [0.5, 0.6) is 0 Å². The maximum absolute atomic E-state index is 12.0. The second-order valence-electron chi connectivity index (χ2n) is 4.24. The maximum Gasteiger partial charge on any atom is 0.180 e. The quantitative estimate of drug-likeness (QED) is 0.777. The van der Waals surface area contributed by atoms with Crippen LogP contribution in [0.3, 0.4) is 0 Å². The molecular weight excluding hydrogens is 268 g/mol. The first-order valence-corrected chi connectivity index (χ1v) is 7.17. The third-order valence-electron chi connectivity index (χ3n) is 2.92. The Labute approximate surface area is 115 Å². The zero-order valence-electron chi connectivity index (χ0n) is 10.4. The summed E-state index contributed by atoms with van der Waals surface area (Å²) in [5, 5.41) is 6.78. The SMILES string of the molecule is CCC(C)n1ccc(CC(=O)c2sccc2Cl)n1. The molecule has 96 valence electrons. The molecule has 2 rings (SSSR count). The van der Waals surface area contributed by atoms with Gasteiger partial charge >= 0.3 is 0 Å². The first kappa shape index (κ1) is 13.3. The van der Waals surface area contributed by atoms with Gasteiger partial charge in [-0.25, -0.2) is 0 Å². The molecule has 3 nitrogen and oxygen atoms in total. The third kappa shape index (κ3) is 2.82. The molecule has 18 heavy (non-hydrogen) atoms. The monoisotopic (exact) mass is 282 g/mol. The molecule has 0 saturated carbocycles. The van der Waals surface area contributed by atoms with Gasteiger partial charge in [0.15, 0.2) is 5.78 Å². The fourth-order valence-electron chi connectivity index (χ4n) is 1.64. The minimum absolute atomic E-state index is 0.0319. The molecule has 0 aliphatic carbocycles. The minimum Gasteiger partial charge on any atom is -0.293 e. The van der Waals surface area contributed by atoms with Gasteiger partial charge in [-0.1, -0.05) is 18.5 Å². The molecule has 0 radical (unpaired) electrons. The number of hydrogen-bond acceptors (Lipinski definition) is 3. The van der Waals surface area contributed by atoms with E-state index in [-0.39, 0.29) is 5.78 Å². The zero-order valence-corrected chi connectivity index (χ0v) is 12.0. The van der Waals surface area contributed by atoms with E-state index in [1.165, 1.54) is 11.3 Å². The lowest BCUT2D eigenvalue weighted by Gasteiger charge is -2.07. The second-order valence-corrected chi connectivity index (χ2v) is 5.57. The van der Waals surface area contributed by atoms with Crippen LogP contribution >= 0.6 is 22.9 Å². The Kier molecular flexibility index (Phi) is 4.19. The molecule has 0 N–H and O–H groups in total. The first-order chi connectivity index (χ1) is 8.61. The first-order valence-electron chi connectivity index (χ1n) is 5.92. The molecule has 2 aromatic rings. The van der Waals surface area contributed by atoms with Crippen LogP contribution < -0.4 is 0 Å². The van der Waals surface area contributed by atoms with E-state index in [2.05, 4.69) is 18.9 Å². The Bertz CT molecular complexity index is 547. The van der Waals surface area contributed by atoms with Crippen molar-refractivity contribution in [1.82, 2.24) is 9.78 Å². The van der Waals surface area contributed by atoms with Crippen molar-refractivity contribution in [2.24, 2.45) is 0 Å². The molecule has 0 saturated heterocycles. The Balaban J connectivity index is 2.08. The highest BCUT2D eigenvalue weighted by molar-refractivity contribution is 7.12. The van der Waals surface area contributed by atoms with Crippen LogP contribution in [0.1, 0.15) is 41.7 Å². The van der Waals surface area contributed by atoms with Gasteiger partial charge in [-0.3, -0.25) is 9.48 Å². The van der Waals surface area contributed by atoms with Gasteiger partial charge in [0.25, 0.3) is 0 Å².